The summed E-state index contributed by atoms with van der Waals surface area (Å²) in [7, 11) is 1.73. The lowest BCUT2D eigenvalue weighted by Gasteiger charge is -2.18. The second kappa shape index (κ2) is 8.69. The molecule has 0 bridgehead atoms. The van der Waals surface area contributed by atoms with E-state index in [2.05, 4.69) is 10.2 Å². The maximum atomic E-state index is 12.7. The molecule has 140 valence electrons. The van der Waals surface area contributed by atoms with Gasteiger partial charge in [-0.05, 0) is 35.5 Å². The van der Waals surface area contributed by atoms with Crippen LogP contribution < -0.4 is 0 Å². The van der Waals surface area contributed by atoms with E-state index < -0.39 is 0 Å². The number of aromatic nitrogens is 3. The minimum absolute atomic E-state index is 0.0793. The molecule has 0 saturated carbocycles. The van der Waals surface area contributed by atoms with Crippen molar-refractivity contribution in [2.24, 2.45) is 0 Å². The summed E-state index contributed by atoms with van der Waals surface area (Å²) in [6, 6.07) is 15.2. The summed E-state index contributed by atoms with van der Waals surface area (Å²) in [5, 5.41) is 8.10. The van der Waals surface area contributed by atoms with Gasteiger partial charge in [0, 0.05) is 23.6 Å². The van der Waals surface area contributed by atoms with Crippen LogP contribution in [0.3, 0.4) is 0 Å². The number of halogens is 2. The number of H-pyrrole nitrogens is 1. The Morgan fingerprint density at radius 3 is 2.67 bits per heavy atom. The summed E-state index contributed by atoms with van der Waals surface area (Å²) in [5.41, 5.74) is 1.92. The fraction of sp³-hybridized carbons (Fsp3) is 0.211. The maximum Gasteiger partial charge on any atom is 0.230 e. The van der Waals surface area contributed by atoms with E-state index in [0.717, 1.165) is 11.1 Å². The molecule has 0 atom stereocenters. The number of amides is 1. The highest BCUT2D eigenvalue weighted by Gasteiger charge is 2.16. The third kappa shape index (κ3) is 4.97. The lowest BCUT2D eigenvalue weighted by molar-refractivity contribution is -0.129. The van der Waals surface area contributed by atoms with Crippen LogP contribution >= 0.6 is 35.4 Å². The smallest absolute Gasteiger partial charge is 0.230 e. The Bertz CT molecular complexity index is 1000. The minimum atomic E-state index is -0.0793. The molecule has 1 N–H and O–H groups in total. The van der Waals surface area contributed by atoms with Crippen LogP contribution in [-0.2, 0) is 24.3 Å². The fourth-order valence-electron chi connectivity index (χ4n) is 2.68. The molecule has 5 nitrogen and oxygen atoms in total. The van der Waals surface area contributed by atoms with Gasteiger partial charge < -0.3 is 4.90 Å². The van der Waals surface area contributed by atoms with Crippen LogP contribution in [0, 0.1) is 4.77 Å². The number of carbonyl (C=O) groups excluding carboxylic acids is 1. The number of carbonyl (C=O) groups is 1. The second-order valence-electron chi connectivity index (χ2n) is 6.18. The summed E-state index contributed by atoms with van der Waals surface area (Å²) in [4.78, 5) is 14.3. The molecule has 0 saturated heterocycles. The first-order valence-corrected chi connectivity index (χ1v) is 9.46. The van der Waals surface area contributed by atoms with Crippen molar-refractivity contribution in [2.45, 2.75) is 19.5 Å². The first kappa shape index (κ1) is 19.6. The van der Waals surface area contributed by atoms with Crippen LogP contribution in [0.1, 0.15) is 17.0 Å². The molecule has 0 aliphatic heterocycles. The highest BCUT2D eigenvalue weighted by molar-refractivity contribution is 7.71. The molecule has 0 aliphatic carbocycles. The van der Waals surface area contributed by atoms with Gasteiger partial charge in [0.25, 0.3) is 0 Å². The van der Waals surface area contributed by atoms with Crippen LogP contribution in [0.15, 0.2) is 48.5 Å². The molecule has 0 fully saturated rings. The molecule has 2 aromatic carbocycles. The van der Waals surface area contributed by atoms with E-state index >= 15 is 0 Å². The van der Waals surface area contributed by atoms with Gasteiger partial charge in [-0.2, -0.15) is 5.10 Å². The normalized spacial score (nSPS) is 10.8. The Kier molecular flexibility index (Phi) is 6.31. The molecule has 0 spiro atoms. The Balaban J connectivity index is 1.71. The van der Waals surface area contributed by atoms with Crippen LogP contribution in [0.2, 0.25) is 10.0 Å². The monoisotopic (exact) mass is 420 g/mol. The number of likely N-dealkylation sites (N-methyl/N-ethyl adjacent to an activating group) is 1. The zero-order valence-electron chi connectivity index (χ0n) is 14.7. The van der Waals surface area contributed by atoms with E-state index in [1.54, 1.807) is 24.1 Å². The Labute approximate surface area is 172 Å². The molecule has 3 rings (SSSR count). The molecular weight excluding hydrogens is 403 g/mol. The Morgan fingerprint density at radius 2 is 1.96 bits per heavy atom. The molecule has 1 heterocycles. The molecule has 27 heavy (non-hydrogen) atoms. The predicted molar refractivity (Wildman–Crippen MR) is 110 cm³/mol. The maximum absolute atomic E-state index is 12.7. The van der Waals surface area contributed by atoms with Gasteiger partial charge in [-0.25, -0.2) is 0 Å². The van der Waals surface area contributed by atoms with Crippen molar-refractivity contribution in [3.05, 3.63) is 80.3 Å². The fourth-order valence-corrected chi connectivity index (χ4v) is 3.36. The van der Waals surface area contributed by atoms with Gasteiger partial charge in [0.15, 0.2) is 4.77 Å². The average molecular weight is 421 g/mol. The molecule has 0 radical (unpaired) electrons. The standard InChI is InChI=1S/C19H18Cl2N4OS/c1-24(12-14-7-8-15(20)9-16(14)21)18(26)10-17-22-23-19(27)25(17)11-13-5-3-2-4-6-13/h2-9H,10-12H2,1H3,(H,23,27). The van der Waals surface area contributed by atoms with Crippen LogP contribution in [0.4, 0.5) is 0 Å². The molecule has 1 amide bonds. The Hall–Kier alpha value is -2.15. The van der Waals surface area contributed by atoms with Crippen molar-refractivity contribution in [3.8, 4) is 0 Å². The summed E-state index contributed by atoms with van der Waals surface area (Å²) in [6.07, 6.45) is 0.141. The van der Waals surface area contributed by atoms with E-state index in [9.17, 15) is 4.79 Å². The average Bonchev–Trinajstić information content (AvgIpc) is 2.98. The second-order valence-corrected chi connectivity index (χ2v) is 7.41. The third-order valence-electron chi connectivity index (χ3n) is 4.18. The number of nitrogens with zero attached hydrogens (tertiary/aromatic N) is 3. The summed E-state index contributed by atoms with van der Waals surface area (Å²) < 4.78 is 2.33. The van der Waals surface area contributed by atoms with Gasteiger partial charge >= 0.3 is 0 Å². The van der Waals surface area contributed by atoms with Crippen LogP contribution in [0.25, 0.3) is 0 Å². The highest BCUT2D eigenvalue weighted by atomic mass is 35.5. The Morgan fingerprint density at radius 1 is 1.22 bits per heavy atom. The number of hydrogen-bond donors (Lipinski definition) is 1. The number of rotatable bonds is 6. The predicted octanol–water partition coefficient (Wildman–Crippen LogP) is 4.50. The topological polar surface area (TPSA) is 53.9 Å². The number of benzene rings is 2. The molecule has 1 aromatic heterocycles. The zero-order valence-corrected chi connectivity index (χ0v) is 17.0. The third-order valence-corrected chi connectivity index (χ3v) is 5.08. The molecule has 0 unspecified atom stereocenters. The number of nitrogens with one attached hydrogen (secondary N) is 1. The largest absolute Gasteiger partial charge is 0.341 e. The lowest BCUT2D eigenvalue weighted by Crippen LogP contribution is -2.29. The highest BCUT2D eigenvalue weighted by Crippen LogP contribution is 2.22. The van der Waals surface area contributed by atoms with Crippen LogP contribution in [-0.4, -0.2) is 32.6 Å². The van der Waals surface area contributed by atoms with Crippen molar-refractivity contribution in [3.63, 3.8) is 0 Å². The summed E-state index contributed by atoms with van der Waals surface area (Å²) >= 11 is 17.4. The number of hydrogen-bond acceptors (Lipinski definition) is 3. The van der Waals surface area contributed by atoms with Crippen molar-refractivity contribution in [1.82, 2.24) is 19.7 Å². The molecule has 8 heteroatoms. The van der Waals surface area contributed by atoms with E-state index in [1.807, 2.05) is 41.0 Å². The van der Waals surface area contributed by atoms with Crippen molar-refractivity contribution in [1.29, 1.82) is 0 Å². The van der Waals surface area contributed by atoms with E-state index in [-0.39, 0.29) is 12.3 Å². The number of aromatic amines is 1. The van der Waals surface area contributed by atoms with Gasteiger partial charge in [-0.15, -0.1) is 0 Å². The molecule has 3 aromatic rings. The van der Waals surface area contributed by atoms with E-state index in [0.29, 0.717) is 33.7 Å². The summed E-state index contributed by atoms with van der Waals surface area (Å²) in [6.45, 7) is 0.949. The van der Waals surface area contributed by atoms with E-state index in [1.165, 1.54) is 0 Å². The van der Waals surface area contributed by atoms with Crippen molar-refractivity contribution >= 4 is 41.3 Å². The zero-order chi connectivity index (χ0) is 19.4. The van der Waals surface area contributed by atoms with Crippen molar-refractivity contribution in [2.75, 3.05) is 7.05 Å². The first-order valence-electron chi connectivity index (χ1n) is 8.30. The lowest BCUT2D eigenvalue weighted by atomic mass is 10.2. The van der Waals surface area contributed by atoms with Gasteiger partial charge in [-0.1, -0.05) is 59.6 Å². The first-order chi connectivity index (χ1) is 12.9. The van der Waals surface area contributed by atoms with Gasteiger partial charge in [0.2, 0.25) is 5.91 Å². The van der Waals surface area contributed by atoms with Gasteiger partial charge in [0.05, 0.1) is 13.0 Å². The van der Waals surface area contributed by atoms with Gasteiger partial charge in [-0.3, -0.25) is 14.5 Å². The summed E-state index contributed by atoms with van der Waals surface area (Å²) in [5.74, 6) is 0.521. The molecule has 0 aliphatic rings. The SMILES string of the molecule is CN(Cc1ccc(Cl)cc1Cl)C(=O)Cc1n[nH]c(=S)n1Cc1ccccc1. The van der Waals surface area contributed by atoms with E-state index in [4.69, 9.17) is 35.4 Å². The van der Waals surface area contributed by atoms with Crippen molar-refractivity contribution < 1.29 is 4.79 Å². The minimum Gasteiger partial charge on any atom is -0.341 e. The van der Waals surface area contributed by atoms with Gasteiger partial charge in [0.1, 0.15) is 5.82 Å². The van der Waals surface area contributed by atoms with Crippen LogP contribution in [0.5, 0.6) is 0 Å². The quantitative estimate of drug-likeness (QED) is 0.597. The molecular formula is C19H18Cl2N4OS.